The highest BCUT2D eigenvalue weighted by Gasteiger charge is 2.26. The van der Waals surface area contributed by atoms with E-state index in [-0.39, 0.29) is 32.6 Å². The molecule has 2 unspecified atom stereocenters. The van der Waals surface area contributed by atoms with Crippen LogP contribution in [0.2, 0.25) is 0 Å². The maximum Gasteiger partial charge on any atom is 0.472 e. The zero-order valence-corrected chi connectivity index (χ0v) is 48.4. The number of esters is 2. The molecule has 0 aliphatic carbocycles. The maximum absolute atomic E-state index is 12.7. The van der Waals surface area contributed by atoms with Crippen molar-refractivity contribution in [2.75, 3.05) is 26.4 Å². The Bertz CT molecular complexity index is 1680. The summed E-state index contributed by atoms with van der Waals surface area (Å²) in [6, 6.07) is 0. The van der Waals surface area contributed by atoms with Crippen LogP contribution in [-0.4, -0.2) is 49.3 Å². The van der Waals surface area contributed by atoms with E-state index in [4.69, 9.17) is 24.3 Å². The fraction of sp³-hybridized carbons (Fsp3) is 0.631. The molecule has 0 saturated carbocycles. The summed E-state index contributed by atoms with van der Waals surface area (Å²) in [6.45, 7) is 3.49. The number of allylic oxidation sites excluding steroid dienone is 22. The first-order valence-corrected chi connectivity index (χ1v) is 31.2. The van der Waals surface area contributed by atoms with Crippen LogP contribution in [0, 0.1) is 0 Å². The highest BCUT2D eigenvalue weighted by atomic mass is 31.2. The summed E-state index contributed by atoms with van der Waals surface area (Å²) in [5.74, 6) is -0.849. The van der Waals surface area contributed by atoms with Gasteiger partial charge in [0.25, 0.3) is 0 Å². The Kier molecular flexibility index (Phi) is 56.3. The zero-order valence-electron chi connectivity index (χ0n) is 47.5. The van der Waals surface area contributed by atoms with Gasteiger partial charge < -0.3 is 20.1 Å². The Morgan fingerprint density at radius 3 is 1.03 bits per heavy atom. The van der Waals surface area contributed by atoms with Gasteiger partial charge in [-0.15, -0.1) is 0 Å². The average Bonchev–Trinajstić information content (AvgIpc) is 3.40. The van der Waals surface area contributed by atoms with Gasteiger partial charge in [0, 0.05) is 19.4 Å². The minimum absolute atomic E-state index is 0.0447. The topological polar surface area (TPSA) is 134 Å². The molecule has 10 heteroatoms. The minimum atomic E-state index is -4.40. The summed E-state index contributed by atoms with van der Waals surface area (Å²) in [5, 5.41) is 0. The number of carbonyl (C=O) groups excluding carboxylic acids is 2. The molecule has 75 heavy (non-hydrogen) atoms. The van der Waals surface area contributed by atoms with Crippen molar-refractivity contribution in [2.45, 2.75) is 238 Å². The molecule has 0 heterocycles. The minimum Gasteiger partial charge on any atom is -0.462 e. The normalized spacial score (nSPS) is 14.0. The van der Waals surface area contributed by atoms with Crippen molar-refractivity contribution in [2.24, 2.45) is 5.73 Å². The molecule has 9 nitrogen and oxygen atoms in total. The van der Waals surface area contributed by atoms with Gasteiger partial charge in [-0.1, -0.05) is 244 Å². The van der Waals surface area contributed by atoms with Gasteiger partial charge in [-0.3, -0.25) is 18.6 Å². The van der Waals surface area contributed by atoms with Gasteiger partial charge >= 0.3 is 19.8 Å². The molecule has 0 radical (unpaired) electrons. The number of unbranched alkanes of at least 4 members (excludes halogenated alkanes) is 19. The van der Waals surface area contributed by atoms with E-state index in [1.165, 1.54) is 77.0 Å². The molecule has 0 amide bonds. The third-order valence-corrected chi connectivity index (χ3v) is 13.0. The Hall–Kier alpha value is -3.85. The largest absolute Gasteiger partial charge is 0.472 e. The molecule has 0 rings (SSSR count). The predicted molar refractivity (Wildman–Crippen MR) is 320 cm³/mol. The van der Waals surface area contributed by atoms with E-state index in [1.54, 1.807) is 0 Å². The lowest BCUT2D eigenvalue weighted by molar-refractivity contribution is -0.161. The van der Waals surface area contributed by atoms with Crippen molar-refractivity contribution in [1.82, 2.24) is 0 Å². The van der Waals surface area contributed by atoms with E-state index >= 15 is 0 Å². The third kappa shape index (κ3) is 59.3. The van der Waals surface area contributed by atoms with Crippen LogP contribution in [0.4, 0.5) is 0 Å². The standard InChI is InChI=1S/C65H108NO8P/c1-3-5-7-9-11-13-15-17-19-21-23-25-27-28-29-30-31-32-33-34-36-38-40-42-44-46-48-50-52-54-56-58-65(68)74-63(62-73-75(69,70)72-60-59-66)61-71-64(67)57-55-53-51-49-47-45-43-41-39-37-35-26-24-22-20-18-16-14-12-10-8-6-4-2/h5-8,11-14,17-20,23-26,28-29,31-32,37,39,63H,3-4,9-10,15-16,21-22,27,30,33-36,38,40-62,66H2,1-2H3,(H,69,70)/b7-5-,8-6-,13-11-,14-12-,19-17-,20-18-,25-23-,26-24-,29-28-,32-31-,39-37-. The summed E-state index contributed by atoms with van der Waals surface area (Å²) in [4.78, 5) is 35.2. The lowest BCUT2D eigenvalue weighted by Gasteiger charge is -2.19. The maximum atomic E-state index is 12.7. The van der Waals surface area contributed by atoms with Crippen LogP contribution in [0.15, 0.2) is 134 Å². The lowest BCUT2D eigenvalue weighted by Crippen LogP contribution is -2.29. The van der Waals surface area contributed by atoms with Crippen molar-refractivity contribution in [3.05, 3.63) is 134 Å². The molecule has 0 aromatic rings. The van der Waals surface area contributed by atoms with Crippen LogP contribution in [0.5, 0.6) is 0 Å². The van der Waals surface area contributed by atoms with Crippen LogP contribution < -0.4 is 5.73 Å². The Morgan fingerprint density at radius 1 is 0.400 bits per heavy atom. The van der Waals surface area contributed by atoms with Crippen LogP contribution in [-0.2, 0) is 32.7 Å². The average molecular weight is 1060 g/mol. The van der Waals surface area contributed by atoms with Gasteiger partial charge in [-0.05, 0) is 109 Å². The van der Waals surface area contributed by atoms with Crippen molar-refractivity contribution < 1.29 is 37.6 Å². The summed E-state index contributed by atoms with van der Waals surface area (Å²) in [5.41, 5.74) is 5.38. The molecule has 0 bridgehead atoms. The smallest absolute Gasteiger partial charge is 0.462 e. The highest BCUT2D eigenvalue weighted by molar-refractivity contribution is 7.47. The highest BCUT2D eigenvalue weighted by Crippen LogP contribution is 2.43. The van der Waals surface area contributed by atoms with Crippen LogP contribution in [0.25, 0.3) is 0 Å². The first kappa shape index (κ1) is 71.2. The molecule has 0 aliphatic rings. The summed E-state index contributed by atoms with van der Waals surface area (Å²) in [6.07, 6.45) is 83.6. The SMILES string of the molecule is CC/C=C\C/C=C\C/C=C\C/C=C\C/C=C\C/C=C\CCCCCCCCCCCCCCC(=O)OC(COC(=O)CCCCCCCCC/C=C\C/C=C\C/C=C\C/C=C\C/C=C\CC)COP(=O)(O)OCCN. The van der Waals surface area contributed by atoms with E-state index in [1.807, 2.05) is 0 Å². The van der Waals surface area contributed by atoms with E-state index < -0.39 is 32.5 Å². The Morgan fingerprint density at radius 2 is 0.693 bits per heavy atom. The summed E-state index contributed by atoms with van der Waals surface area (Å²) < 4.78 is 33.1. The van der Waals surface area contributed by atoms with Gasteiger partial charge in [0.05, 0.1) is 13.2 Å². The van der Waals surface area contributed by atoms with E-state index in [9.17, 15) is 19.0 Å². The van der Waals surface area contributed by atoms with Gasteiger partial charge in [0.1, 0.15) is 6.61 Å². The second kappa shape index (κ2) is 59.4. The molecule has 0 saturated heterocycles. The number of hydrogen-bond donors (Lipinski definition) is 2. The van der Waals surface area contributed by atoms with Gasteiger partial charge in [0.2, 0.25) is 0 Å². The molecular weight excluding hydrogens is 954 g/mol. The summed E-state index contributed by atoms with van der Waals surface area (Å²) in [7, 11) is -4.40. The zero-order chi connectivity index (χ0) is 54.5. The van der Waals surface area contributed by atoms with E-state index in [0.29, 0.717) is 12.8 Å². The van der Waals surface area contributed by atoms with Gasteiger partial charge in [0.15, 0.2) is 6.10 Å². The molecule has 2 atom stereocenters. The molecule has 0 spiro atoms. The first-order chi connectivity index (χ1) is 36.8. The fourth-order valence-electron chi connectivity index (χ4n) is 7.72. The van der Waals surface area contributed by atoms with Crippen LogP contribution >= 0.6 is 7.82 Å². The molecule has 0 fully saturated rings. The Labute approximate surface area is 459 Å². The van der Waals surface area contributed by atoms with Crippen molar-refractivity contribution in [3.8, 4) is 0 Å². The first-order valence-electron chi connectivity index (χ1n) is 29.7. The number of carbonyl (C=O) groups is 2. The predicted octanol–water partition coefficient (Wildman–Crippen LogP) is 19.0. The van der Waals surface area contributed by atoms with Crippen LogP contribution in [0.3, 0.4) is 0 Å². The molecule has 426 valence electrons. The molecular formula is C65H108NO8P. The number of phosphoric ester groups is 1. The van der Waals surface area contributed by atoms with Crippen molar-refractivity contribution in [3.63, 3.8) is 0 Å². The number of nitrogens with two attached hydrogens (primary N) is 1. The fourth-order valence-corrected chi connectivity index (χ4v) is 8.49. The van der Waals surface area contributed by atoms with Crippen molar-refractivity contribution >= 4 is 19.8 Å². The Balaban J connectivity index is 4.02. The van der Waals surface area contributed by atoms with E-state index in [0.717, 1.165) is 116 Å². The molecule has 0 aromatic carbocycles. The van der Waals surface area contributed by atoms with Gasteiger partial charge in [-0.2, -0.15) is 0 Å². The molecule has 0 aromatic heterocycles. The molecule has 0 aliphatic heterocycles. The second-order valence-corrected chi connectivity index (χ2v) is 20.6. The van der Waals surface area contributed by atoms with E-state index in [2.05, 4.69) is 148 Å². The third-order valence-electron chi connectivity index (χ3n) is 12.0. The van der Waals surface area contributed by atoms with Crippen LogP contribution in [0.1, 0.15) is 232 Å². The summed E-state index contributed by atoms with van der Waals surface area (Å²) >= 11 is 0. The lowest BCUT2D eigenvalue weighted by atomic mass is 10.0. The number of phosphoric acid groups is 1. The number of ether oxygens (including phenoxy) is 2. The quantitative estimate of drug-likeness (QED) is 0.0264. The monoisotopic (exact) mass is 1060 g/mol. The molecule has 3 N–H and O–H groups in total. The number of hydrogen-bond acceptors (Lipinski definition) is 8. The van der Waals surface area contributed by atoms with Crippen molar-refractivity contribution in [1.29, 1.82) is 0 Å². The second-order valence-electron chi connectivity index (χ2n) is 19.1. The number of rotatable bonds is 54. The van der Waals surface area contributed by atoms with Gasteiger partial charge in [-0.25, -0.2) is 4.57 Å².